The fraction of sp³-hybridized carbons (Fsp3) is 0.333. The lowest BCUT2D eigenvalue weighted by Crippen LogP contribution is -2.27. The summed E-state index contributed by atoms with van der Waals surface area (Å²) in [5, 5.41) is 19.1. The number of nitrogens with zero attached hydrogens (tertiary/aromatic N) is 1. The number of hydrogen-bond acceptors (Lipinski definition) is 4. The highest BCUT2D eigenvalue weighted by molar-refractivity contribution is 7.10. The summed E-state index contributed by atoms with van der Waals surface area (Å²) in [5.41, 5.74) is -0.808. The van der Waals surface area contributed by atoms with Gasteiger partial charge in [-0.25, -0.2) is 0 Å². The number of aliphatic carboxylic acids is 1. The maximum absolute atomic E-state index is 12.6. The lowest BCUT2D eigenvalue weighted by molar-refractivity contribution is -0.142. The van der Waals surface area contributed by atoms with E-state index in [2.05, 4.69) is 15.5 Å². The average Bonchev–Trinajstić information content (AvgIpc) is 2.99. The van der Waals surface area contributed by atoms with Gasteiger partial charge in [-0.2, -0.15) is 18.3 Å². The Bertz CT molecular complexity index is 622. The first kappa shape index (κ1) is 15.5. The molecule has 114 valence electrons. The maximum atomic E-state index is 12.6. The van der Waals surface area contributed by atoms with Crippen molar-refractivity contribution in [1.29, 1.82) is 0 Å². The summed E-state index contributed by atoms with van der Waals surface area (Å²) in [7, 11) is 0. The topological polar surface area (TPSA) is 78.0 Å². The summed E-state index contributed by atoms with van der Waals surface area (Å²) in [5.74, 6) is -1.09. The largest absolute Gasteiger partial charge is 0.480 e. The van der Waals surface area contributed by atoms with E-state index in [9.17, 15) is 18.0 Å². The number of carboxylic acid groups (broad SMARTS) is 1. The van der Waals surface area contributed by atoms with Crippen LogP contribution in [0.3, 0.4) is 0 Å². The SMILES string of the molecule is Cc1c(C(F)(F)F)n[nH]c1CNC(C(=O)O)c1cccs1. The van der Waals surface area contributed by atoms with Gasteiger partial charge in [-0.1, -0.05) is 6.07 Å². The Morgan fingerprint density at radius 1 is 1.57 bits per heavy atom. The molecule has 2 aromatic heterocycles. The number of carboxylic acids is 1. The Hall–Kier alpha value is -1.87. The number of alkyl halides is 3. The molecule has 0 aromatic carbocycles. The van der Waals surface area contributed by atoms with Crippen LogP contribution in [-0.2, 0) is 17.5 Å². The molecular formula is C12H12F3N3O2S. The number of H-pyrrole nitrogens is 1. The van der Waals surface area contributed by atoms with Gasteiger partial charge in [0.25, 0.3) is 0 Å². The van der Waals surface area contributed by atoms with Crippen molar-refractivity contribution in [3.63, 3.8) is 0 Å². The van der Waals surface area contributed by atoms with Crippen LogP contribution < -0.4 is 5.32 Å². The minimum absolute atomic E-state index is 0.0367. The molecule has 9 heteroatoms. The minimum atomic E-state index is -4.53. The van der Waals surface area contributed by atoms with Crippen LogP contribution in [0.4, 0.5) is 13.2 Å². The first-order valence-corrected chi connectivity index (χ1v) is 6.79. The molecule has 3 N–H and O–H groups in total. The van der Waals surface area contributed by atoms with Crippen LogP contribution in [0.5, 0.6) is 0 Å². The predicted octanol–water partition coefficient (Wildman–Crippen LogP) is 2.71. The van der Waals surface area contributed by atoms with Crippen LogP contribution in [-0.4, -0.2) is 21.3 Å². The van der Waals surface area contributed by atoms with Crippen LogP contribution in [0, 0.1) is 6.92 Å². The summed E-state index contributed by atoms with van der Waals surface area (Å²) < 4.78 is 37.9. The van der Waals surface area contributed by atoms with E-state index in [0.717, 1.165) is 0 Å². The normalized spacial score (nSPS) is 13.3. The summed E-state index contributed by atoms with van der Waals surface area (Å²) in [6.45, 7) is 1.24. The molecule has 1 unspecified atom stereocenters. The van der Waals surface area contributed by atoms with Gasteiger partial charge in [0.1, 0.15) is 6.04 Å². The Labute approximate surface area is 121 Å². The van der Waals surface area contributed by atoms with Crippen LogP contribution >= 0.6 is 11.3 Å². The van der Waals surface area contributed by atoms with Crippen molar-refractivity contribution in [2.24, 2.45) is 0 Å². The van der Waals surface area contributed by atoms with Gasteiger partial charge in [-0.15, -0.1) is 11.3 Å². The molecule has 21 heavy (non-hydrogen) atoms. The zero-order valence-electron chi connectivity index (χ0n) is 10.9. The Balaban J connectivity index is 2.12. The van der Waals surface area contributed by atoms with Crippen LogP contribution in [0.1, 0.15) is 27.9 Å². The zero-order valence-corrected chi connectivity index (χ0v) is 11.7. The molecule has 0 bridgehead atoms. The number of hydrogen-bond donors (Lipinski definition) is 3. The quantitative estimate of drug-likeness (QED) is 0.792. The minimum Gasteiger partial charge on any atom is -0.480 e. The van der Waals surface area contributed by atoms with E-state index in [1.807, 2.05) is 0 Å². The van der Waals surface area contributed by atoms with Gasteiger partial charge in [-0.05, 0) is 18.4 Å². The Morgan fingerprint density at radius 3 is 2.76 bits per heavy atom. The van der Waals surface area contributed by atoms with E-state index >= 15 is 0 Å². The third-order valence-corrected chi connectivity index (χ3v) is 3.87. The lowest BCUT2D eigenvalue weighted by atomic mass is 10.2. The van der Waals surface area contributed by atoms with Gasteiger partial charge in [0.2, 0.25) is 0 Å². The van der Waals surface area contributed by atoms with Gasteiger partial charge in [0.05, 0.1) is 5.69 Å². The van der Waals surface area contributed by atoms with E-state index in [1.165, 1.54) is 18.3 Å². The highest BCUT2D eigenvalue weighted by Crippen LogP contribution is 2.31. The monoisotopic (exact) mass is 319 g/mol. The standard InChI is InChI=1S/C12H12F3N3O2S/c1-6-7(17-18-10(6)12(13,14)15)5-16-9(11(19)20)8-3-2-4-21-8/h2-4,9,16H,5H2,1H3,(H,17,18)(H,19,20). The van der Waals surface area contributed by atoms with Crippen LogP contribution in [0.25, 0.3) is 0 Å². The van der Waals surface area contributed by atoms with Gasteiger partial charge in [-0.3, -0.25) is 15.2 Å². The maximum Gasteiger partial charge on any atom is 0.435 e. The van der Waals surface area contributed by atoms with E-state index < -0.39 is 23.9 Å². The third kappa shape index (κ3) is 3.42. The molecule has 0 saturated heterocycles. The Kier molecular flexibility index (Phi) is 4.33. The first-order valence-electron chi connectivity index (χ1n) is 5.91. The van der Waals surface area contributed by atoms with Crippen molar-refractivity contribution in [3.05, 3.63) is 39.3 Å². The van der Waals surface area contributed by atoms with Gasteiger partial charge in [0, 0.05) is 17.0 Å². The molecule has 2 rings (SSSR count). The highest BCUT2D eigenvalue weighted by Gasteiger charge is 2.36. The van der Waals surface area contributed by atoms with Crippen molar-refractivity contribution < 1.29 is 23.1 Å². The van der Waals surface area contributed by atoms with Gasteiger partial charge >= 0.3 is 12.1 Å². The second-order valence-corrected chi connectivity index (χ2v) is 5.32. The fourth-order valence-corrected chi connectivity index (χ4v) is 2.64. The highest BCUT2D eigenvalue weighted by atomic mass is 32.1. The van der Waals surface area contributed by atoms with E-state index in [0.29, 0.717) is 4.88 Å². The van der Waals surface area contributed by atoms with Gasteiger partial charge < -0.3 is 5.11 Å². The zero-order chi connectivity index (χ0) is 15.6. The number of aromatic nitrogens is 2. The molecule has 5 nitrogen and oxygen atoms in total. The van der Waals surface area contributed by atoms with Crippen molar-refractivity contribution >= 4 is 17.3 Å². The van der Waals surface area contributed by atoms with Crippen LogP contribution in [0.2, 0.25) is 0 Å². The molecule has 2 aromatic rings. The summed E-state index contributed by atoms with van der Waals surface area (Å²) in [4.78, 5) is 11.8. The number of halogens is 3. The van der Waals surface area contributed by atoms with Crippen LogP contribution in [0.15, 0.2) is 17.5 Å². The smallest absolute Gasteiger partial charge is 0.435 e. The number of carbonyl (C=O) groups is 1. The van der Waals surface area contributed by atoms with Crippen molar-refractivity contribution in [3.8, 4) is 0 Å². The fourth-order valence-electron chi connectivity index (χ4n) is 1.85. The first-order chi connectivity index (χ1) is 9.80. The molecule has 1 atom stereocenters. The molecule has 0 spiro atoms. The summed E-state index contributed by atoms with van der Waals surface area (Å²) in [6.07, 6.45) is -4.53. The molecule has 0 fully saturated rings. The van der Waals surface area contributed by atoms with Crippen molar-refractivity contribution in [2.45, 2.75) is 25.7 Å². The Morgan fingerprint density at radius 2 is 2.29 bits per heavy atom. The van der Waals surface area contributed by atoms with E-state index in [-0.39, 0.29) is 17.8 Å². The molecule has 2 heterocycles. The van der Waals surface area contributed by atoms with Crippen molar-refractivity contribution in [1.82, 2.24) is 15.5 Å². The second-order valence-electron chi connectivity index (χ2n) is 4.34. The molecule has 0 aliphatic carbocycles. The summed E-state index contributed by atoms with van der Waals surface area (Å²) >= 11 is 1.26. The van der Waals surface area contributed by atoms with E-state index in [4.69, 9.17) is 5.11 Å². The number of aromatic amines is 1. The third-order valence-electron chi connectivity index (χ3n) is 2.94. The average molecular weight is 319 g/mol. The van der Waals surface area contributed by atoms with Crippen molar-refractivity contribution in [2.75, 3.05) is 0 Å². The summed E-state index contributed by atoms with van der Waals surface area (Å²) in [6, 6.07) is 2.39. The predicted molar refractivity (Wildman–Crippen MR) is 69.9 cm³/mol. The molecule has 0 amide bonds. The lowest BCUT2D eigenvalue weighted by Gasteiger charge is -2.12. The second kappa shape index (κ2) is 5.86. The molecule has 0 aliphatic rings. The van der Waals surface area contributed by atoms with Gasteiger partial charge in [0.15, 0.2) is 5.69 Å². The molecule has 0 radical (unpaired) electrons. The van der Waals surface area contributed by atoms with E-state index in [1.54, 1.807) is 17.5 Å². The number of rotatable bonds is 5. The number of thiophene rings is 1. The number of nitrogens with one attached hydrogen (secondary N) is 2. The molecular weight excluding hydrogens is 307 g/mol. The molecule has 0 aliphatic heterocycles. The molecule has 0 saturated carbocycles.